The van der Waals surface area contributed by atoms with Crippen molar-refractivity contribution < 1.29 is 18.3 Å². The molecule has 2 heterocycles. The molecular weight excluding hydrogens is 365 g/mol. The number of carbonyl (C=O) groups is 1. The molecule has 0 saturated heterocycles. The first-order valence-corrected chi connectivity index (χ1v) is 8.61. The number of nitrogens with zero attached hydrogens (tertiary/aromatic N) is 3. The maximum atomic E-state index is 13.3. The molecule has 0 spiro atoms. The van der Waals surface area contributed by atoms with Crippen molar-refractivity contribution in [2.45, 2.75) is 12.8 Å². The Bertz CT molecular complexity index is 958. The average molecular weight is 385 g/mol. The van der Waals surface area contributed by atoms with Gasteiger partial charge in [0.05, 0.1) is 12.3 Å². The zero-order valence-corrected chi connectivity index (χ0v) is 15.5. The highest BCUT2D eigenvalue weighted by molar-refractivity contribution is 5.81. The Labute approximate surface area is 161 Å². The number of aromatic nitrogens is 3. The Morgan fingerprint density at radius 1 is 1.29 bits per heavy atom. The van der Waals surface area contributed by atoms with Crippen LogP contribution in [0.25, 0.3) is 22.7 Å². The number of carbonyl (C=O) groups excluding carboxylic acids is 1. The van der Waals surface area contributed by atoms with Crippen LogP contribution in [-0.2, 0) is 9.53 Å². The van der Waals surface area contributed by atoms with Crippen LogP contribution in [0.15, 0.2) is 40.9 Å². The lowest BCUT2D eigenvalue weighted by molar-refractivity contribution is -0.119. The number of benzene rings is 1. The van der Waals surface area contributed by atoms with E-state index in [4.69, 9.17) is 14.9 Å². The van der Waals surface area contributed by atoms with Crippen LogP contribution < -0.4 is 11.1 Å². The van der Waals surface area contributed by atoms with Crippen molar-refractivity contribution in [2.24, 2.45) is 5.73 Å². The molecule has 3 N–H and O–H groups in total. The van der Waals surface area contributed by atoms with E-state index in [0.717, 1.165) is 0 Å². The highest BCUT2D eigenvalue weighted by Gasteiger charge is 2.24. The van der Waals surface area contributed by atoms with E-state index in [1.54, 1.807) is 38.4 Å². The quantitative estimate of drug-likeness (QED) is 0.573. The molecule has 2 aromatic heterocycles. The van der Waals surface area contributed by atoms with Crippen LogP contribution in [0.3, 0.4) is 0 Å². The Kier molecular flexibility index (Phi) is 5.95. The predicted octanol–water partition coefficient (Wildman–Crippen LogP) is 2.58. The van der Waals surface area contributed by atoms with Crippen molar-refractivity contribution in [3.05, 3.63) is 48.2 Å². The van der Waals surface area contributed by atoms with Crippen LogP contribution in [0.2, 0.25) is 0 Å². The fourth-order valence-electron chi connectivity index (χ4n) is 2.45. The number of primary amides is 1. The van der Waals surface area contributed by atoms with Gasteiger partial charge >= 0.3 is 0 Å². The molecule has 0 bridgehead atoms. The minimum atomic E-state index is -0.728. The van der Waals surface area contributed by atoms with Gasteiger partial charge in [-0.1, -0.05) is 0 Å². The smallest absolute Gasteiger partial charge is 0.229 e. The number of nitrogens with two attached hydrogens (primary N) is 1. The summed E-state index contributed by atoms with van der Waals surface area (Å²) < 4.78 is 24.1. The van der Waals surface area contributed by atoms with Crippen LogP contribution >= 0.6 is 0 Å². The summed E-state index contributed by atoms with van der Waals surface area (Å²) >= 11 is 0. The van der Waals surface area contributed by atoms with Crippen molar-refractivity contribution in [1.29, 1.82) is 0 Å². The van der Waals surface area contributed by atoms with Crippen LogP contribution in [0.4, 0.5) is 10.3 Å². The summed E-state index contributed by atoms with van der Waals surface area (Å²) in [7, 11) is 1.60. The molecule has 146 valence electrons. The number of halogens is 1. The van der Waals surface area contributed by atoms with Gasteiger partial charge in [0.15, 0.2) is 5.76 Å². The van der Waals surface area contributed by atoms with Gasteiger partial charge in [-0.2, -0.15) is 0 Å². The Morgan fingerprint density at radius 2 is 2.04 bits per heavy atom. The zero-order chi connectivity index (χ0) is 20.1. The van der Waals surface area contributed by atoms with Crippen molar-refractivity contribution in [2.75, 3.05) is 25.6 Å². The van der Waals surface area contributed by atoms with Gasteiger partial charge in [-0.3, -0.25) is 4.79 Å². The molecule has 1 aromatic carbocycles. The van der Waals surface area contributed by atoms with Gasteiger partial charge < -0.3 is 20.2 Å². The van der Waals surface area contributed by atoms with Crippen LogP contribution in [0, 0.1) is 5.82 Å². The normalized spacial score (nSPS) is 12.0. The lowest BCUT2D eigenvalue weighted by atomic mass is 10.1. The minimum absolute atomic E-state index is 0.161. The van der Waals surface area contributed by atoms with Crippen molar-refractivity contribution in [1.82, 2.24) is 15.0 Å². The minimum Gasteiger partial charge on any atom is -0.439 e. The van der Waals surface area contributed by atoms with Gasteiger partial charge in [-0.25, -0.2) is 19.3 Å². The largest absolute Gasteiger partial charge is 0.439 e. The lowest BCUT2D eigenvalue weighted by Crippen LogP contribution is -2.18. The van der Waals surface area contributed by atoms with E-state index in [-0.39, 0.29) is 11.7 Å². The lowest BCUT2D eigenvalue weighted by Gasteiger charge is -2.05. The van der Waals surface area contributed by atoms with Gasteiger partial charge in [-0.15, -0.1) is 0 Å². The first-order valence-electron chi connectivity index (χ1n) is 8.61. The fraction of sp³-hybridized carbons (Fsp3) is 0.263. The Morgan fingerprint density at radius 3 is 2.71 bits per heavy atom. The molecule has 0 radical (unpaired) electrons. The van der Waals surface area contributed by atoms with Crippen LogP contribution in [0.5, 0.6) is 0 Å². The highest BCUT2D eigenvalue weighted by atomic mass is 19.1. The van der Waals surface area contributed by atoms with Gasteiger partial charge in [0.2, 0.25) is 17.7 Å². The number of oxazole rings is 1. The number of hydrogen-bond donors (Lipinski definition) is 2. The number of amides is 1. The van der Waals surface area contributed by atoms with Crippen LogP contribution in [0.1, 0.15) is 18.7 Å². The molecule has 3 aromatic rings. The highest BCUT2D eigenvalue weighted by Crippen LogP contribution is 2.34. The van der Waals surface area contributed by atoms with Gasteiger partial charge in [-0.05, 0) is 37.3 Å². The van der Waals surface area contributed by atoms with Gasteiger partial charge in [0.1, 0.15) is 17.4 Å². The third-order valence-electron chi connectivity index (χ3n) is 4.03. The molecule has 9 heteroatoms. The summed E-state index contributed by atoms with van der Waals surface area (Å²) in [5, 5.41) is 3.04. The summed E-state index contributed by atoms with van der Waals surface area (Å²) in [6, 6.07) is 7.44. The van der Waals surface area contributed by atoms with E-state index in [1.807, 2.05) is 0 Å². The van der Waals surface area contributed by atoms with Gasteiger partial charge in [0, 0.05) is 25.4 Å². The average Bonchev–Trinajstić information content (AvgIpc) is 3.13. The van der Waals surface area contributed by atoms with E-state index < -0.39 is 11.8 Å². The molecule has 1 atom stereocenters. The third kappa shape index (κ3) is 4.32. The number of methoxy groups -OCH3 is 1. The van der Waals surface area contributed by atoms with E-state index >= 15 is 0 Å². The van der Waals surface area contributed by atoms with Gasteiger partial charge in [0.25, 0.3) is 0 Å². The monoisotopic (exact) mass is 385 g/mol. The van der Waals surface area contributed by atoms with Crippen molar-refractivity contribution in [3.63, 3.8) is 0 Å². The number of rotatable bonds is 8. The Hall–Kier alpha value is -3.33. The zero-order valence-electron chi connectivity index (χ0n) is 15.5. The van der Waals surface area contributed by atoms with E-state index in [1.165, 1.54) is 12.1 Å². The summed E-state index contributed by atoms with van der Waals surface area (Å²) in [5.41, 5.74) is 6.87. The van der Waals surface area contributed by atoms with Crippen molar-refractivity contribution in [3.8, 4) is 22.7 Å². The second-order valence-electron chi connectivity index (χ2n) is 6.05. The molecule has 0 aliphatic rings. The van der Waals surface area contributed by atoms with E-state index in [9.17, 15) is 9.18 Å². The molecule has 1 amide bonds. The second-order valence-corrected chi connectivity index (χ2v) is 6.05. The van der Waals surface area contributed by atoms with E-state index in [2.05, 4.69) is 20.3 Å². The summed E-state index contributed by atoms with van der Waals surface area (Å²) in [6.07, 6.45) is 1.58. The molecule has 0 fully saturated rings. The van der Waals surface area contributed by atoms with Crippen LogP contribution in [-0.4, -0.2) is 41.1 Å². The first-order chi connectivity index (χ1) is 13.5. The third-order valence-corrected chi connectivity index (χ3v) is 4.03. The summed E-state index contributed by atoms with van der Waals surface area (Å²) in [4.78, 5) is 24.6. The number of ether oxygens (including phenoxy) is 1. The Balaban J connectivity index is 2.04. The SMILES string of the molecule is COCCNc1nccc(-c2nc(C(C)C(N)=O)oc2-c2ccc(F)cc2)n1. The number of hydrogen-bond acceptors (Lipinski definition) is 7. The predicted molar refractivity (Wildman–Crippen MR) is 101 cm³/mol. The molecule has 0 aliphatic carbocycles. The first kappa shape index (κ1) is 19.4. The maximum Gasteiger partial charge on any atom is 0.229 e. The maximum absolute atomic E-state index is 13.3. The standard InChI is InChI=1S/C19H20FN5O3/c1-11(17(21)26)18-25-15(16(28-18)12-3-5-13(20)6-4-12)14-7-8-22-19(24-14)23-9-10-27-2/h3-8,11H,9-10H2,1-2H3,(H2,21,26)(H,22,23,24). The fourth-order valence-corrected chi connectivity index (χ4v) is 2.45. The molecule has 3 rings (SSSR count). The molecule has 8 nitrogen and oxygen atoms in total. The molecular formula is C19H20FN5O3. The molecule has 1 unspecified atom stereocenters. The summed E-state index contributed by atoms with van der Waals surface area (Å²) in [6.45, 7) is 2.64. The molecule has 28 heavy (non-hydrogen) atoms. The van der Waals surface area contributed by atoms with Crippen molar-refractivity contribution >= 4 is 11.9 Å². The number of anilines is 1. The van der Waals surface area contributed by atoms with E-state index in [0.29, 0.717) is 41.8 Å². The molecule has 0 aliphatic heterocycles. The molecule has 0 saturated carbocycles. The topological polar surface area (TPSA) is 116 Å². The second kappa shape index (κ2) is 8.57. The summed E-state index contributed by atoms with van der Waals surface area (Å²) in [5.74, 6) is -0.745. The number of nitrogens with one attached hydrogen (secondary N) is 1.